The second kappa shape index (κ2) is 7.56. The van der Waals surface area contributed by atoms with Crippen LogP contribution in [0.2, 0.25) is 0 Å². The van der Waals surface area contributed by atoms with E-state index in [-0.39, 0.29) is 5.91 Å². The highest BCUT2D eigenvalue weighted by atomic mass is 32.1. The number of thiazole rings is 1. The van der Waals surface area contributed by atoms with Crippen molar-refractivity contribution >= 4 is 22.4 Å². The average molecular weight is 340 g/mol. The lowest BCUT2D eigenvalue weighted by Gasteiger charge is -2.29. The molecule has 0 radical (unpaired) electrons. The molecular weight excluding hydrogens is 320 g/mol. The van der Waals surface area contributed by atoms with Gasteiger partial charge >= 0.3 is 0 Å². The Bertz CT molecular complexity index is 756. The maximum Gasteiger partial charge on any atom is 0.257 e. The van der Waals surface area contributed by atoms with Crippen molar-refractivity contribution in [2.45, 2.75) is 26.3 Å². The van der Waals surface area contributed by atoms with E-state index in [1.165, 1.54) is 24.2 Å². The van der Waals surface area contributed by atoms with Gasteiger partial charge in [-0.05, 0) is 50.0 Å². The van der Waals surface area contributed by atoms with E-state index in [9.17, 15) is 4.79 Å². The molecule has 0 unspecified atom stereocenters. The van der Waals surface area contributed by atoms with Crippen molar-refractivity contribution in [3.05, 3.63) is 46.5 Å². The first-order valence-electron chi connectivity index (χ1n) is 8.12. The number of benzene rings is 1. The Morgan fingerprint density at radius 3 is 3.00 bits per heavy atom. The summed E-state index contributed by atoms with van der Waals surface area (Å²) in [5.41, 5.74) is 1.94. The number of nitrogens with one attached hydrogen (secondary N) is 1. The van der Waals surface area contributed by atoms with Gasteiger partial charge in [-0.15, -0.1) is 11.3 Å². The van der Waals surface area contributed by atoms with Crippen LogP contribution in [0.15, 0.2) is 29.6 Å². The quantitative estimate of drug-likeness (QED) is 0.925. The van der Waals surface area contributed by atoms with Crippen LogP contribution in [0.1, 0.15) is 41.4 Å². The van der Waals surface area contributed by atoms with E-state index in [0.717, 1.165) is 31.2 Å². The molecule has 2 aromatic rings. The normalized spacial score (nSPS) is 15.8. The Labute approximate surface area is 145 Å². The fourth-order valence-electron chi connectivity index (χ4n) is 2.79. The highest BCUT2D eigenvalue weighted by Crippen LogP contribution is 2.21. The van der Waals surface area contributed by atoms with Crippen molar-refractivity contribution < 1.29 is 4.79 Å². The third kappa shape index (κ3) is 4.19. The second-order valence-electron chi connectivity index (χ2n) is 6.25. The van der Waals surface area contributed by atoms with Crippen molar-refractivity contribution in [1.82, 2.24) is 9.88 Å². The molecule has 0 atom stereocenters. The number of carbonyl (C=O) groups is 1. The lowest BCUT2D eigenvalue weighted by Crippen LogP contribution is -2.32. The average Bonchev–Trinajstić information content (AvgIpc) is 3.04. The van der Waals surface area contributed by atoms with Crippen molar-refractivity contribution in [3.63, 3.8) is 0 Å². The van der Waals surface area contributed by atoms with Crippen molar-refractivity contribution in [2.75, 3.05) is 18.4 Å². The Kier molecular flexibility index (Phi) is 5.24. The fourth-order valence-corrected chi connectivity index (χ4v) is 3.48. The van der Waals surface area contributed by atoms with Crippen LogP contribution >= 0.6 is 11.3 Å². The SMILES string of the molecule is CC1CCN(Cc2csc(NC(=O)c3cccc(C#N)c3)n2)CC1. The van der Waals surface area contributed by atoms with Crippen LogP contribution < -0.4 is 5.32 Å². The van der Waals surface area contributed by atoms with E-state index in [4.69, 9.17) is 5.26 Å². The molecule has 1 N–H and O–H groups in total. The van der Waals surface area contributed by atoms with E-state index in [2.05, 4.69) is 22.1 Å². The van der Waals surface area contributed by atoms with Gasteiger partial charge in [-0.3, -0.25) is 15.0 Å². The van der Waals surface area contributed by atoms with Gasteiger partial charge in [0.15, 0.2) is 5.13 Å². The summed E-state index contributed by atoms with van der Waals surface area (Å²) in [6.45, 7) is 5.36. The first-order chi connectivity index (χ1) is 11.6. The molecule has 1 saturated heterocycles. The number of nitriles is 1. The van der Waals surface area contributed by atoms with Gasteiger partial charge in [0.05, 0.1) is 17.3 Å². The third-order valence-electron chi connectivity index (χ3n) is 4.29. The van der Waals surface area contributed by atoms with Crippen molar-refractivity contribution in [1.29, 1.82) is 5.26 Å². The number of hydrogen-bond acceptors (Lipinski definition) is 5. The molecule has 5 nitrogen and oxygen atoms in total. The molecule has 1 aromatic heterocycles. The minimum absolute atomic E-state index is 0.236. The van der Waals surface area contributed by atoms with Gasteiger partial charge in [-0.1, -0.05) is 13.0 Å². The molecule has 124 valence electrons. The van der Waals surface area contributed by atoms with Crippen LogP contribution in [0.3, 0.4) is 0 Å². The first kappa shape index (κ1) is 16.6. The molecule has 24 heavy (non-hydrogen) atoms. The topological polar surface area (TPSA) is 69.0 Å². The molecular formula is C18H20N4OS. The summed E-state index contributed by atoms with van der Waals surface area (Å²) in [5, 5.41) is 14.3. The minimum Gasteiger partial charge on any atom is -0.298 e. The number of aromatic nitrogens is 1. The van der Waals surface area contributed by atoms with Gasteiger partial charge in [0.25, 0.3) is 5.91 Å². The largest absolute Gasteiger partial charge is 0.298 e. The molecule has 1 aliphatic heterocycles. The molecule has 6 heteroatoms. The Balaban J connectivity index is 1.59. The third-order valence-corrected chi connectivity index (χ3v) is 5.09. The number of likely N-dealkylation sites (tertiary alicyclic amines) is 1. The van der Waals surface area contributed by atoms with Gasteiger partial charge < -0.3 is 0 Å². The summed E-state index contributed by atoms with van der Waals surface area (Å²) in [5.74, 6) is 0.579. The summed E-state index contributed by atoms with van der Waals surface area (Å²) in [4.78, 5) is 19.2. The van der Waals surface area contributed by atoms with Crippen LogP contribution in [0.5, 0.6) is 0 Å². The molecule has 1 amide bonds. The molecule has 0 aliphatic carbocycles. The zero-order valence-corrected chi connectivity index (χ0v) is 14.5. The second-order valence-corrected chi connectivity index (χ2v) is 7.11. The van der Waals surface area contributed by atoms with E-state index in [0.29, 0.717) is 16.3 Å². The predicted octanol–water partition coefficient (Wildman–Crippen LogP) is 3.50. The smallest absolute Gasteiger partial charge is 0.257 e. The molecule has 1 aromatic carbocycles. The summed E-state index contributed by atoms with van der Waals surface area (Å²) in [6.07, 6.45) is 2.48. The molecule has 2 heterocycles. The Morgan fingerprint density at radius 2 is 2.25 bits per heavy atom. The summed E-state index contributed by atoms with van der Waals surface area (Å²) >= 11 is 1.44. The Hall–Kier alpha value is -2.23. The van der Waals surface area contributed by atoms with E-state index in [1.807, 2.05) is 11.4 Å². The van der Waals surface area contributed by atoms with Crippen LogP contribution in [0, 0.1) is 17.2 Å². The maximum absolute atomic E-state index is 12.3. The van der Waals surface area contributed by atoms with Crippen LogP contribution in [0.25, 0.3) is 0 Å². The minimum atomic E-state index is -0.236. The van der Waals surface area contributed by atoms with Crippen molar-refractivity contribution in [3.8, 4) is 6.07 Å². The molecule has 0 bridgehead atoms. The van der Waals surface area contributed by atoms with Crippen LogP contribution in [-0.2, 0) is 6.54 Å². The van der Waals surface area contributed by atoms with Gasteiger partial charge in [0, 0.05) is 17.5 Å². The molecule has 1 fully saturated rings. The number of rotatable bonds is 4. The van der Waals surface area contributed by atoms with Gasteiger partial charge in [-0.25, -0.2) is 4.98 Å². The predicted molar refractivity (Wildman–Crippen MR) is 94.9 cm³/mol. The van der Waals surface area contributed by atoms with Gasteiger partial charge in [-0.2, -0.15) is 5.26 Å². The standard InChI is InChI=1S/C18H20N4OS/c1-13-5-7-22(8-6-13)11-16-12-24-18(20-16)21-17(23)15-4-2-3-14(9-15)10-19/h2-4,9,12-13H,5-8,11H2,1H3,(H,20,21,23). The number of hydrogen-bond donors (Lipinski definition) is 1. The van der Waals surface area contributed by atoms with E-state index < -0.39 is 0 Å². The molecule has 1 aliphatic rings. The van der Waals surface area contributed by atoms with Gasteiger partial charge in [0.1, 0.15) is 0 Å². The zero-order valence-electron chi connectivity index (χ0n) is 13.7. The first-order valence-corrected chi connectivity index (χ1v) is 9.00. The lowest BCUT2D eigenvalue weighted by molar-refractivity contribution is 0.102. The zero-order chi connectivity index (χ0) is 16.9. The van der Waals surface area contributed by atoms with Gasteiger partial charge in [0.2, 0.25) is 0 Å². The summed E-state index contributed by atoms with van der Waals surface area (Å²) in [7, 11) is 0. The number of anilines is 1. The summed E-state index contributed by atoms with van der Waals surface area (Å²) in [6, 6.07) is 8.70. The molecule has 3 rings (SSSR count). The monoisotopic (exact) mass is 340 g/mol. The van der Waals surface area contributed by atoms with Crippen molar-refractivity contribution in [2.24, 2.45) is 5.92 Å². The number of carbonyl (C=O) groups excluding carboxylic acids is 1. The van der Waals surface area contributed by atoms with E-state index in [1.54, 1.807) is 24.3 Å². The van der Waals surface area contributed by atoms with Crippen LogP contribution in [0.4, 0.5) is 5.13 Å². The highest BCUT2D eigenvalue weighted by molar-refractivity contribution is 7.13. The maximum atomic E-state index is 12.3. The number of piperidine rings is 1. The van der Waals surface area contributed by atoms with E-state index >= 15 is 0 Å². The number of amides is 1. The highest BCUT2D eigenvalue weighted by Gasteiger charge is 2.17. The summed E-state index contributed by atoms with van der Waals surface area (Å²) < 4.78 is 0. The number of nitrogens with zero attached hydrogens (tertiary/aromatic N) is 3. The molecule has 0 saturated carbocycles. The lowest BCUT2D eigenvalue weighted by atomic mass is 9.99. The van der Waals surface area contributed by atoms with Crippen LogP contribution in [-0.4, -0.2) is 28.9 Å². The fraction of sp³-hybridized carbons (Fsp3) is 0.389. The molecule has 0 spiro atoms. The Morgan fingerprint density at radius 1 is 1.46 bits per heavy atom.